The SMILES string of the molecule is CSCCC(NC(=O)c1ccc(NCC(CO)CC2CCCCC2)cc1-c1ccccc1C)C(=O)O. The van der Waals surface area contributed by atoms with Gasteiger partial charge in [-0.1, -0.05) is 56.4 Å². The first-order valence-electron chi connectivity index (χ1n) is 13.0. The Labute approximate surface area is 219 Å². The molecule has 4 N–H and O–H groups in total. The normalized spacial score (nSPS) is 15.8. The summed E-state index contributed by atoms with van der Waals surface area (Å²) >= 11 is 1.55. The van der Waals surface area contributed by atoms with Gasteiger partial charge in [-0.25, -0.2) is 4.79 Å². The molecule has 196 valence electrons. The molecule has 1 saturated carbocycles. The number of anilines is 1. The zero-order valence-corrected chi connectivity index (χ0v) is 22.3. The van der Waals surface area contributed by atoms with Crippen LogP contribution in [-0.4, -0.2) is 53.3 Å². The topological polar surface area (TPSA) is 98.7 Å². The second-order valence-corrected chi connectivity index (χ2v) is 10.9. The van der Waals surface area contributed by atoms with Crippen LogP contribution in [0.4, 0.5) is 5.69 Å². The summed E-state index contributed by atoms with van der Waals surface area (Å²) in [6, 6.07) is 12.5. The van der Waals surface area contributed by atoms with Gasteiger partial charge in [0.25, 0.3) is 5.91 Å². The first-order valence-corrected chi connectivity index (χ1v) is 14.4. The summed E-state index contributed by atoms with van der Waals surface area (Å²) in [4.78, 5) is 24.9. The number of carbonyl (C=O) groups is 2. The average molecular weight is 513 g/mol. The lowest BCUT2D eigenvalue weighted by Crippen LogP contribution is -2.41. The largest absolute Gasteiger partial charge is 0.480 e. The van der Waals surface area contributed by atoms with Crippen LogP contribution >= 0.6 is 11.8 Å². The number of nitrogens with one attached hydrogen (secondary N) is 2. The monoisotopic (exact) mass is 512 g/mol. The number of hydrogen-bond donors (Lipinski definition) is 4. The van der Waals surface area contributed by atoms with Gasteiger partial charge in [0, 0.05) is 24.4 Å². The number of aliphatic hydroxyl groups is 1. The summed E-state index contributed by atoms with van der Waals surface area (Å²) < 4.78 is 0. The molecule has 2 unspecified atom stereocenters. The quantitative estimate of drug-likeness (QED) is 0.279. The minimum absolute atomic E-state index is 0.154. The molecular formula is C29H40N2O4S. The van der Waals surface area contributed by atoms with E-state index in [1.54, 1.807) is 17.8 Å². The summed E-state index contributed by atoms with van der Waals surface area (Å²) in [5.41, 5.74) is 4.06. The Morgan fingerprint density at radius 1 is 1.08 bits per heavy atom. The van der Waals surface area contributed by atoms with E-state index in [-0.39, 0.29) is 18.4 Å². The van der Waals surface area contributed by atoms with Crippen LogP contribution in [0.5, 0.6) is 0 Å². The van der Waals surface area contributed by atoms with Crippen LogP contribution < -0.4 is 10.6 Å². The van der Waals surface area contributed by atoms with Crippen molar-refractivity contribution in [3.63, 3.8) is 0 Å². The molecule has 0 bridgehead atoms. The molecule has 2 aromatic rings. The van der Waals surface area contributed by atoms with Crippen molar-refractivity contribution < 1.29 is 19.8 Å². The molecule has 0 radical (unpaired) electrons. The minimum atomic E-state index is -1.03. The van der Waals surface area contributed by atoms with Crippen molar-refractivity contribution in [2.75, 3.05) is 30.5 Å². The number of thioether (sulfide) groups is 1. The third kappa shape index (κ3) is 8.00. The van der Waals surface area contributed by atoms with E-state index in [0.717, 1.165) is 28.8 Å². The van der Waals surface area contributed by atoms with Crippen LogP contribution in [0.25, 0.3) is 11.1 Å². The third-order valence-corrected chi connectivity index (χ3v) is 7.80. The van der Waals surface area contributed by atoms with E-state index >= 15 is 0 Å². The lowest BCUT2D eigenvalue weighted by molar-refractivity contribution is -0.139. The van der Waals surface area contributed by atoms with Gasteiger partial charge in [-0.2, -0.15) is 11.8 Å². The summed E-state index contributed by atoms with van der Waals surface area (Å²) in [5.74, 6) is 0.114. The van der Waals surface area contributed by atoms with E-state index in [1.165, 1.54) is 32.1 Å². The van der Waals surface area contributed by atoms with E-state index in [2.05, 4.69) is 10.6 Å². The van der Waals surface area contributed by atoms with Crippen molar-refractivity contribution >= 4 is 29.3 Å². The van der Waals surface area contributed by atoms with Gasteiger partial charge >= 0.3 is 5.97 Å². The molecular weight excluding hydrogens is 472 g/mol. The Bertz CT molecular complexity index is 1010. The van der Waals surface area contributed by atoms with Crippen molar-refractivity contribution in [3.05, 3.63) is 53.6 Å². The van der Waals surface area contributed by atoms with Crippen LogP contribution in [0.3, 0.4) is 0 Å². The number of carboxylic acids is 1. The molecule has 1 amide bonds. The highest BCUT2D eigenvalue weighted by atomic mass is 32.2. The number of aryl methyl sites for hydroxylation is 1. The lowest BCUT2D eigenvalue weighted by Gasteiger charge is -2.26. The van der Waals surface area contributed by atoms with Crippen molar-refractivity contribution in [2.24, 2.45) is 11.8 Å². The first kappa shape index (κ1) is 28.1. The van der Waals surface area contributed by atoms with E-state index in [0.29, 0.717) is 30.2 Å². The molecule has 0 spiro atoms. The summed E-state index contributed by atoms with van der Waals surface area (Å²) in [6.07, 6.45) is 9.73. The molecule has 1 aliphatic carbocycles. The lowest BCUT2D eigenvalue weighted by atomic mass is 9.83. The van der Waals surface area contributed by atoms with Gasteiger partial charge < -0.3 is 20.8 Å². The number of benzene rings is 2. The molecule has 0 saturated heterocycles. The maximum Gasteiger partial charge on any atom is 0.326 e. The average Bonchev–Trinajstić information content (AvgIpc) is 2.89. The summed E-state index contributed by atoms with van der Waals surface area (Å²) in [6.45, 7) is 2.82. The van der Waals surface area contributed by atoms with Crippen LogP contribution in [0.15, 0.2) is 42.5 Å². The molecule has 36 heavy (non-hydrogen) atoms. The van der Waals surface area contributed by atoms with Crippen LogP contribution in [0, 0.1) is 18.8 Å². The number of aliphatic hydroxyl groups excluding tert-OH is 1. The highest BCUT2D eigenvalue weighted by Crippen LogP contribution is 2.31. The van der Waals surface area contributed by atoms with Gasteiger partial charge in [0.1, 0.15) is 6.04 Å². The van der Waals surface area contributed by atoms with Crippen LogP contribution in [0.1, 0.15) is 60.9 Å². The standard InChI is InChI=1S/C29H40N2O4S/c1-20-8-6-7-11-24(20)26-17-23(30-18-22(19-32)16-21-9-4-3-5-10-21)12-13-25(26)28(33)31-27(29(34)35)14-15-36-2/h6-8,11-13,17,21-22,27,30,32H,3-5,9-10,14-16,18-19H2,1-2H3,(H,31,33)(H,34,35). The molecule has 2 aromatic carbocycles. The van der Waals surface area contributed by atoms with Crippen LogP contribution in [0.2, 0.25) is 0 Å². The van der Waals surface area contributed by atoms with E-state index < -0.39 is 12.0 Å². The zero-order chi connectivity index (χ0) is 25.9. The molecule has 2 atom stereocenters. The predicted molar refractivity (Wildman–Crippen MR) is 149 cm³/mol. The molecule has 1 fully saturated rings. The number of carbonyl (C=O) groups excluding carboxylic acids is 1. The highest BCUT2D eigenvalue weighted by molar-refractivity contribution is 7.98. The smallest absolute Gasteiger partial charge is 0.326 e. The predicted octanol–water partition coefficient (Wildman–Crippen LogP) is 5.59. The zero-order valence-electron chi connectivity index (χ0n) is 21.5. The fourth-order valence-corrected chi connectivity index (χ4v) is 5.53. The Morgan fingerprint density at radius 2 is 1.83 bits per heavy atom. The van der Waals surface area contributed by atoms with Crippen LogP contribution in [-0.2, 0) is 4.79 Å². The Hall–Kier alpha value is -2.51. The number of amides is 1. The van der Waals surface area contributed by atoms with E-state index in [4.69, 9.17) is 0 Å². The van der Waals surface area contributed by atoms with Crippen molar-refractivity contribution in [1.82, 2.24) is 5.32 Å². The Balaban J connectivity index is 1.81. The van der Waals surface area contributed by atoms with Crippen molar-refractivity contribution in [3.8, 4) is 11.1 Å². The second-order valence-electron chi connectivity index (χ2n) is 9.89. The molecule has 0 heterocycles. The fourth-order valence-electron chi connectivity index (χ4n) is 5.06. The second kappa shape index (κ2) is 14.3. The van der Waals surface area contributed by atoms with E-state index in [1.807, 2.05) is 49.6 Å². The Kier molecular flexibility index (Phi) is 11.1. The molecule has 1 aliphatic rings. The molecule has 0 aromatic heterocycles. The van der Waals surface area contributed by atoms with Gasteiger partial charge in [-0.05, 0) is 78.5 Å². The van der Waals surface area contributed by atoms with E-state index in [9.17, 15) is 19.8 Å². The number of hydrogen-bond acceptors (Lipinski definition) is 5. The molecule has 0 aliphatic heterocycles. The van der Waals surface area contributed by atoms with Gasteiger partial charge in [0.05, 0.1) is 0 Å². The third-order valence-electron chi connectivity index (χ3n) is 7.16. The first-order chi connectivity index (χ1) is 17.4. The van der Waals surface area contributed by atoms with Gasteiger partial charge in [-0.3, -0.25) is 4.79 Å². The molecule has 7 heteroatoms. The van der Waals surface area contributed by atoms with Gasteiger partial charge in [0.2, 0.25) is 0 Å². The molecule has 6 nitrogen and oxygen atoms in total. The summed E-state index contributed by atoms with van der Waals surface area (Å²) in [5, 5.41) is 25.7. The van der Waals surface area contributed by atoms with Gasteiger partial charge in [0.15, 0.2) is 0 Å². The Morgan fingerprint density at radius 3 is 2.50 bits per heavy atom. The minimum Gasteiger partial charge on any atom is -0.480 e. The highest BCUT2D eigenvalue weighted by Gasteiger charge is 2.23. The fraction of sp³-hybridized carbons (Fsp3) is 0.517. The maximum atomic E-state index is 13.2. The number of carboxylic acid groups (broad SMARTS) is 1. The van der Waals surface area contributed by atoms with Crippen molar-refractivity contribution in [1.29, 1.82) is 0 Å². The number of rotatable bonds is 13. The van der Waals surface area contributed by atoms with Gasteiger partial charge in [-0.15, -0.1) is 0 Å². The maximum absolute atomic E-state index is 13.2. The van der Waals surface area contributed by atoms with Crippen molar-refractivity contribution in [2.45, 2.75) is 57.9 Å². The number of aliphatic carboxylic acids is 1. The summed E-state index contributed by atoms with van der Waals surface area (Å²) in [7, 11) is 0. The molecule has 3 rings (SSSR count).